The monoisotopic (exact) mass is 577 g/mol. The van der Waals surface area contributed by atoms with Crippen LogP contribution < -0.4 is 14.2 Å². The van der Waals surface area contributed by atoms with E-state index in [1.165, 1.54) is 30.7 Å². The molecule has 2 aromatic carbocycles. The van der Waals surface area contributed by atoms with Gasteiger partial charge in [0.25, 0.3) is 10.2 Å². The Bertz CT molecular complexity index is 1320. The summed E-state index contributed by atoms with van der Waals surface area (Å²) in [6.07, 6.45) is -6.05. The average Bonchev–Trinajstić information content (AvgIpc) is 3.04. The molecular formula is C26H29F6N3O3S. The van der Waals surface area contributed by atoms with Crippen molar-refractivity contribution in [1.29, 1.82) is 0 Å². The lowest BCUT2D eigenvalue weighted by molar-refractivity contribution is -0.137. The van der Waals surface area contributed by atoms with E-state index in [0.29, 0.717) is 18.5 Å². The normalized spacial score (nSPS) is 17.3. The molecule has 2 aromatic rings. The number of alkyl halides is 6. The van der Waals surface area contributed by atoms with Crippen molar-refractivity contribution < 1.29 is 39.5 Å². The molecule has 0 fully saturated rings. The van der Waals surface area contributed by atoms with Crippen LogP contribution in [-0.2, 0) is 21.9 Å². The first-order valence-electron chi connectivity index (χ1n) is 12.1. The summed E-state index contributed by atoms with van der Waals surface area (Å²) >= 11 is 0. The lowest BCUT2D eigenvalue weighted by atomic mass is 9.85. The third-order valence-corrected chi connectivity index (χ3v) is 7.43. The zero-order valence-corrected chi connectivity index (χ0v) is 22.3. The number of nitrogens with one attached hydrogen (secondary N) is 2. The van der Waals surface area contributed by atoms with Gasteiger partial charge in [-0.1, -0.05) is 25.1 Å². The molecule has 2 N–H and O–H groups in total. The van der Waals surface area contributed by atoms with Crippen molar-refractivity contribution in [3.05, 3.63) is 71.3 Å². The van der Waals surface area contributed by atoms with Crippen LogP contribution in [0.15, 0.2) is 59.6 Å². The Morgan fingerprint density at radius 2 is 1.67 bits per heavy atom. The Morgan fingerprint density at radius 1 is 1.00 bits per heavy atom. The molecule has 1 atom stereocenters. The Hall–Kier alpha value is -2.90. The molecule has 0 bridgehead atoms. The van der Waals surface area contributed by atoms with Crippen molar-refractivity contribution in [2.75, 3.05) is 13.1 Å². The van der Waals surface area contributed by atoms with Gasteiger partial charge < -0.3 is 4.74 Å². The van der Waals surface area contributed by atoms with Crippen LogP contribution in [0.5, 0.6) is 5.75 Å². The van der Waals surface area contributed by atoms with Crippen LogP contribution in [0, 0.1) is 5.92 Å². The molecule has 1 heterocycles. The van der Waals surface area contributed by atoms with Crippen molar-refractivity contribution in [2.45, 2.75) is 51.5 Å². The van der Waals surface area contributed by atoms with Crippen molar-refractivity contribution in [3.8, 4) is 5.75 Å². The maximum absolute atomic E-state index is 12.9. The van der Waals surface area contributed by atoms with E-state index in [2.05, 4.69) is 9.71 Å². The van der Waals surface area contributed by atoms with Gasteiger partial charge >= 0.3 is 12.4 Å². The van der Waals surface area contributed by atoms with Gasteiger partial charge in [-0.3, -0.25) is 4.99 Å². The van der Waals surface area contributed by atoms with E-state index < -0.39 is 40.2 Å². The van der Waals surface area contributed by atoms with Gasteiger partial charge in [-0.15, -0.1) is 0 Å². The molecule has 0 saturated heterocycles. The van der Waals surface area contributed by atoms with Gasteiger partial charge in [0, 0.05) is 12.6 Å². The van der Waals surface area contributed by atoms with Crippen LogP contribution in [0.2, 0.25) is 0 Å². The van der Waals surface area contributed by atoms with Crippen LogP contribution >= 0.6 is 0 Å². The Labute approximate surface area is 223 Å². The molecule has 1 unspecified atom stereocenters. The Kier molecular flexibility index (Phi) is 9.18. The quantitative estimate of drug-likeness (QED) is 0.366. The van der Waals surface area contributed by atoms with Crippen LogP contribution in [-0.4, -0.2) is 33.6 Å². The Morgan fingerprint density at radius 3 is 2.26 bits per heavy atom. The summed E-state index contributed by atoms with van der Waals surface area (Å²) in [7, 11) is -4.48. The Balaban J connectivity index is 1.88. The fourth-order valence-corrected chi connectivity index (χ4v) is 5.33. The van der Waals surface area contributed by atoms with E-state index in [-0.39, 0.29) is 17.6 Å². The highest BCUT2D eigenvalue weighted by Crippen LogP contribution is 2.34. The van der Waals surface area contributed by atoms with Crippen molar-refractivity contribution in [2.24, 2.45) is 10.9 Å². The fourth-order valence-electron chi connectivity index (χ4n) is 4.12. The number of rotatable bonds is 8. The molecule has 214 valence electrons. The van der Waals surface area contributed by atoms with Crippen LogP contribution in [0.25, 0.3) is 5.57 Å². The first-order valence-corrected chi connectivity index (χ1v) is 13.5. The fraction of sp³-hybridized carbons (Fsp3) is 0.423. The van der Waals surface area contributed by atoms with E-state index in [4.69, 9.17) is 4.74 Å². The lowest BCUT2D eigenvalue weighted by Crippen LogP contribution is -2.49. The molecule has 0 amide bonds. The topological polar surface area (TPSA) is 79.8 Å². The van der Waals surface area contributed by atoms with E-state index >= 15 is 0 Å². The molecule has 0 radical (unpaired) electrons. The number of ether oxygens (including phenoxy) is 1. The summed E-state index contributed by atoms with van der Waals surface area (Å²) in [5.41, 5.74) is -0.0198. The minimum Gasteiger partial charge on any atom is -0.439 e. The lowest BCUT2D eigenvalue weighted by Gasteiger charge is -2.28. The van der Waals surface area contributed by atoms with Crippen molar-refractivity contribution in [3.63, 3.8) is 0 Å². The van der Waals surface area contributed by atoms with Crippen molar-refractivity contribution in [1.82, 2.24) is 9.44 Å². The van der Waals surface area contributed by atoms with E-state index in [0.717, 1.165) is 29.7 Å². The molecule has 1 aliphatic heterocycles. The van der Waals surface area contributed by atoms with Gasteiger partial charge in [-0.2, -0.15) is 44.2 Å². The molecular weight excluding hydrogens is 548 g/mol. The van der Waals surface area contributed by atoms with Crippen molar-refractivity contribution >= 4 is 21.7 Å². The molecule has 0 spiro atoms. The zero-order chi connectivity index (χ0) is 29.1. The third-order valence-electron chi connectivity index (χ3n) is 6.13. The number of aliphatic imine (C=N–C) groups is 1. The second kappa shape index (κ2) is 11.7. The number of benzene rings is 2. The summed E-state index contributed by atoms with van der Waals surface area (Å²) in [6, 6.07) is 11.2. The van der Waals surface area contributed by atoms with E-state index in [1.54, 1.807) is 24.3 Å². The maximum Gasteiger partial charge on any atom is 0.416 e. The largest absolute Gasteiger partial charge is 0.439 e. The first kappa shape index (κ1) is 30.6. The molecule has 6 nitrogen and oxygen atoms in total. The smallest absolute Gasteiger partial charge is 0.416 e. The number of halogens is 6. The first-order chi connectivity index (χ1) is 18.0. The van der Waals surface area contributed by atoms with Crippen LogP contribution in [0.1, 0.15) is 50.3 Å². The number of allylic oxidation sites excluding steroid dienone is 1. The van der Waals surface area contributed by atoms with Gasteiger partial charge in [0.1, 0.15) is 12.3 Å². The van der Waals surface area contributed by atoms with Gasteiger partial charge in [0.15, 0.2) is 0 Å². The SMILES string of the molecule is CCC1CCN=C(Oc2ccc(C(F)(F)F)cc2)C=C1c1cccc(C(C)(C)NS(=O)(=O)NCC(F)(F)F)c1. The van der Waals surface area contributed by atoms with E-state index in [1.807, 2.05) is 13.0 Å². The number of hydrogen-bond donors (Lipinski definition) is 2. The maximum atomic E-state index is 12.9. The third kappa shape index (κ3) is 8.80. The van der Waals surface area contributed by atoms with E-state index in [9.17, 15) is 34.8 Å². The minimum atomic E-state index is -4.71. The van der Waals surface area contributed by atoms with Crippen LogP contribution in [0.4, 0.5) is 26.3 Å². The summed E-state index contributed by atoms with van der Waals surface area (Å²) < 4.78 is 110. The van der Waals surface area contributed by atoms with Gasteiger partial charge in [0.2, 0.25) is 5.90 Å². The predicted octanol–water partition coefficient (Wildman–Crippen LogP) is 6.22. The summed E-state index contributed by atoms with van der Waals surface area (Å²) in [4.78, 5) is 4.43. The molecule has 3 rings (SSSR count). The predicted molar refractivity (Wildman–Crippen MR) is 136 cm³/mol. The molecule has 0 aliphatic carbocycles. The number of hydrogen-bond acceptors (Lipinski definition) is 4. The average molecular weight is 578 g/mol. The zero-order valence-electron chi connectivity index (χ0n) is 21.4. The second-order valence-electron chi connectivity index (χ2n) is 9.59. The summed E-state index contributed by atoms with van der Waals surface area (Å²) in [5, 5.41) is 0. The molecule has 0 aromatic heterocycles. The molecule has 13 heteroatoms. The standard InChI is InChI=1S/C26H29F6N3O3S/c1-4-17-12-13-33-23(38-21-10-8-19(9-11-21)26(30,31)32)15-22(17)18-6-5-7-20(14-18)24(2,3)35-39(36,37)34-16-25(27,28)29/h5-11,14-15,17,34-35H,4,12-13,16H2,1-3H3. The highest BCUT2D eigenvalue weighted by atomic mass is 32.2. The van der Waals surface area contributed by atoms with Gasteiger partial charge in [-0.25, -0.2) is 0 Å². The highest BCUT2D eigenvalue weighted by Gasteiger charge is 2.33. The van der Waals surface area contributed by atoms with Crippen LogP contribution in [0.3, 0.4) is 0 Å². The summed E-state index contributed by atoms with van der Waals surface area (Å²) in [6.45, 7) is 3.76. The molecule has 1 aliphatic rings. The highest BCUT2D eigenvalue weighted by molar-refractivity contribution is 7.87. The van der Waals surface area contributed by atoms with Gasteiger partial charge in [0.05, 0.1) is 11.1 Å². The number of nitrogens with zero attached hydrogens (tertiary/aromatic N) is 1. The van der Waals surface area contributed by atoms with Gasteiger partial charge in [-0.05, 0) is 79.6 Å². The summed E-state index contributed by atoms with van der Waals surface area (Å²) in [5.74, 6) is 0.441. The minimum absolute atomic E-state index is 0.0472. The second-order valence-corrected chi connectivity index (χ2v) is 11.1. The molecule has 0 saturated carbocycles. The molecule has 39 heavy (non-hydrogen) atoms.